The number of nitrogens with zero attached hydrogens (tertiary/aromatic N) is 3. The third kappa shape index (κ3) is 3.41. The van der Waals surface area contributed by atoms with E-state index in [4.69, 9.17) is 9.15 Å². The summed E-state index contributed by atoms with van der Waals surface area (Å²) in [5, 5.41) is 13.8. The van der Waals surface area contributed by atoms with E-state index in [1.54, 1.807) is 23.0 Å². The van der Waals surface area contributed by atoms with Crippen LogP contribution in [0.1, 0.15) is 16.1 Å². The van der Waals surface area contributed by atoms with E-state index in [9.17, 15) is 14.7 Å². The average molecular weight is 381 g/mol. The second kappa shape index (κ2) is 7.32. The summed E-state index contributed by atoms with van der Waals surface area (Å²) >= 11 is 0. The number of benzene rings is 1. The molecule has 0 bridgehead atoms. The van der Waals surface area contributed by atoms with E-state index >= 15 is 0 Å². The first-order valence-corrected chi connectivity index (χ1v) is 8.88. The fourth-order valence-electron chi connectivity index (χ4n) is 3.14. The Hall–Kier alpha value is -3.39. The molecular weight excluding hydrogens is 362 g/mol. The van der Waals surface area contributed by atoms with Crippen LogP contribution in [0.25, 0.3) is 17.1 Å². The number of amides is 1. The van der Waals surface area contributed by atoms with E-state index in [1.165, 1.54) is 4.90 Å². The van der Waals surface area contributed by atoms with Crippen molar-refractivity contribution in [1.29, 1.82) is 0 Å². The molecule has 28 heavy (non-hydrogen) atoms. The van der Waals surface area contributed by atoms with Crippen LogP contribution in [0.4, 0.5) is 0 Å². The number of carbonyl (C=O) groups is 2. The number of aryl methyl sites for hydroxylation is 1. The standard InChI is InChI=1S/C20H19N3O5/c1-13-7-8-16(28-13)18-15(11-23(21-18)14-5-3-2-4-6-14)19(24)22-9-10-27-17(12-22)20(25)26/h2-8,11,17H,9-10,12H2,1H3,(H,25,26). The minimum Gasteiger partial charge on any atom is -0.479 e. The molecule has 1 fully saturated rings. The molecule has 1 aliphatic rings. The summed E-state index contributed by atoms with van der Waals surface area (Å²) < 4.78 is 12.5. The van der Waals surface area contributed by atoms with Crippen molar-refractivity contribution in [1.82, 2.24) is 14.7 Å². The van der Waals surface area contributed by atoms with Gasteiger partial charge in [-0.15, -0.1) is 0 Å². The number of carbonyl (C=O) groups excluding carboxylic acids is 1. The number of ether oxygens (including phenoxy) is 1. The minimum absolute atomic E-state index is 0.0126. The quantitative estimate of drug-likeness (QED) is 0.745. The summed E-state index contributed by atoms with van der Waals surface area (Å²) in [5.41, 5.74) is 1.57. The van der Waals surface area contributed by atoms with Crippen molar-refractivity contribution in [3.05, 3.63) is 60.0 Å². The molecule has 1 aliphatic heterocycles. The van der Waals surface area contributed by atoms with Crippen molar-refractivity contribution in [2.45, 2.75) is 13.0 Å². The smallest absolute Gasteiger partial charge is 0.334 e. The van der Waals surface area contributed by atoms with Gasteiger partial charge in [0.1, 0.15) is 11.5 Å². The SMILES string of the molecule is Cc1ccc(-c2nn(-c3ccccc3)cc2C(=O)N2CCOC(C(=O)O)C2)o1. The Labute approximate surface area is 160 Å². The van der Waals surface area contributed by atoms with Crippen molar-refractivity contribution >= 4 is 11.9 Å². The Morgan fingerprint density at radius 3 is 2.64 bits per heavy atom. The number of furan rings is 1. The summed E-state index contributed by atoms with van der Waals surface area (Å²) in [6, 6.07) is 13.0. The molecule has 144 valence electrons. The van der Waals surface area contributed by atoms with Crippen molar-refractivity contribution in [3.63, 3.8) is 0 Å². The lowest BCUT2D eigenvalue weighted by Gasteiger charge is -2.30. The molecule has 3 aromatic rings. The summed E-state index contributed by atoms with van der Waals surface area (Å²) in [6.07, 6.45) is 0.618. The maximum Gasteiger partial charge on any atom is 0.334 e. The highest BCUT2D eigenvalue weighted by atomic mass is 16.5. The number of rotatable bonds is 4. The molecular formula is C20H19N3O5. The first-order valence-electron chi connectivity index (χ1n) is 8.88. The average Bonchev–Trinajstić information content (AvgIpc) is 3.34. The second-order valence-electron chi connectivity index (χ2n) is 6.53. The van der Waals surface area contributed by atoms with Gasteiger partial charge in [0.2, 0.25) is 0 Å². The van der Waals surface area contributed by atoms with Crippen molar-refractivity contribution in [2.24, 2.45) is 0 Å². The van der Waals surface area contributed by atoms with Gasteiger partial charge in [-0.25, -0.2) is 9.48 Å². The molecule has 2 aromatic heterocycles. The first-order chi connectivity index (χ1) is 13.5. The fraction of sp³-hybridized carbons (Fsp3) is 0.250. The number of carboxylic acids is 1. The number of aromatic nitrogens is 2. The topological polar surface area (TPSA) is 97.8 Å². The predicted molar refractivity (Wildman–Crippen MR) is 99.3 cm³/mol. The second-order valence-corrected chi connectivity index (χ2v) is 6.53. The normalized spacial score (nSPS) is 16.9. The predicted octanol–water partition coefficient (Wildman–Crippen LogP) is 2.37. The zero-order valence-corrected chi connectivity index (χ0v) is 15.2. The van der Waals surface area contributed by atoms with Crippen LogP contribution in [0.2, 0.25) is 0 Å². The van der Waals surface area contributed by atoms with E-state index in [0.29, 0.717) is 29.3 Å². The first kappa shape index (κ1) is 18.0. The summed E-state index contributed by atoms with van der Waals surface area (Å²) in [5.74, 6) is -0.196. The molecule has 8 nitrogen and oxygen atoms in total. The van der Waals surface area contributed by atoms with Gasteiger partial charge in [0.15, 0.2) is 11.9 Å². The Morgan fingerprint density at radius 1 is 1.18 bits per heavy atom. The summed E-state index contributed by atoms with van der Waals surface area (Å²) in [6.45, 7) is 2.29. The van der Waals surface area contributed by atoms with E-state index < -0.39 is 12.1 Å². The molecule has 0 spiro atoms. The lowest BCUT2D eigenvalue weighted by atomic mass is 10.1. The van der Waals surface area contributed by atoms with Gasteiger partial charge < -0.3 is 19.2 Å². The number of hydrogen-bond donors (Lipinski definition) is 1. The zero-order chi connectivity index (χ0) is 19.7. The van der Waals surface area contributed by atoms with Crippen molar-refractivity contribution < 1.29 is 23.8 Å². The molecule has 0 radical (unpaired) electrons. The van der Waals surface area contributed by atoms with Gasteiger partial charge in [-0.1, -0.05) is 18.2 Å². The molecule has 1 amide bonds. The molecule has 4 rings (SSSR count). The van der Waals surface area contributed by atoms with Crippen LogP contribution in [0.5, 0.6) is 0 Å². The number of aliphatic carboxylic acids is 1. The highest BCUT2D eigenvalue weighted by Gasteiger charge is 2.32. The molecule has 0 saturated carbocycles. The molecule has 1 atom stereocenters. The Kier molecular flexibility index (Phi) is 4.70. The lowest BCUT2D eigenvalue weighted by Crippen LogP contribution is -2.48. The maximum atomic E-state index is 13.2. The van der Waals surface area contributed by atoms with Gasteiger partial charge in [0.05, 0.1) is 24.4 Å². The summed E-state index contributed by atoms with van der Waals surface area (Å²) in [7, 11) is 0. The lowest BCUT2D eigenvalue weighted by molar-refractivity contribution is -0.154. The summed E-state index contributed by atoms with van der Waals surface area (Å²) in [4.78, 5) is 25.9. The molecule has 8 heteroatoms. The van der Waals surface area contributed by atoms with Gasteiger partial charge in [-0.3, -0.25) is 4.79 Å². The van der Waals surface area contributed by atoms with Crippen molar-refractivity contribution in [2.75, 3.05) is 19.7 Å². The van der Waals surface area contributed by atoms with E-state index in [0.717, 1.165) is 5.69 Å². The molecule has 1 saturated heterocycles. The van der Waals surface area contributed by atoms with Crippen LogP contribution < -0.4 is 0 Å². The molecule has 1 unspecified atom stereocenters. The Balaban J connectivity index is 1.73. The number of hydrogen-bond acceptors (Lipinski definition) is 5. The molecule has 3 heterocycles. The van der Waals surface area contributed by atoms with E-state index in [-0.39, 0.29) is 19.1 Å². The highest BCUT2D eigenvalue weighted by molar-refractivity contribution is 5.99. The third-order valence-corrected chi connectivity index (χ3v) is 4.57. The van der Waals surface area contributed by atoms with Gasteiger partial charge >= 0.3 is 5.97 Å². The zero-order valence-electron chi connectivity index (χ0n) is 15.2. The van der Waals surface area contributed by atoms with Crippen LogP contribution >= 0.6 is 0 Å². The van der Waals surface area contributed by atoms with Crippen molar-refractivity contribution in [3.8, 4) is 17.1 Å². The highest BCUT2D eigenvalue weighted by Crippen LogP contribution is 2.27. The third-order valence-electron chi connectivity index (χ3n) is 4.57. The number of morpholine rings is 1. The van der Waals surface area contributed by atoms with Gasteiger partial charge in [0.25, 0.3) is 5.91 Å². The van der Waals surface area contributed by atoms with Gasteiger partial charge in [-0.2, -0.15) is 5.10 Å². The van der Waals surface area contributed by atoms with Gasteiger partial charge in [0, 0.05) is 12.7 Å². The van der Waals surface area contributed by atoms with Crippen LogP contribution in [0.15, 0.2) is 53.1 Å². The van der Waals surface area contributed by atoms with Crippen LogP contribution in [-0.2, 0) is 9.53 Å². The Morgan fingerprint density at radius 2 is 1.96 bits per heavy atom. The minimum atomic E-state index is -1.08. The molecule has 1 N–H and O–H groups in total. The molecule has 1 aromatic carbocycles. The number of carboxylic acid groups (broad SMARTS) is 1. The Bertz CT molecular complexity index is 1010. The van der Waals surface area contributed by atoms with Crippen LogP contribution in [-0.4, -0.2) is 57.5 Å². The van der Waals surface area contributed by atoms with Gasteiger partial charge in [-0.05, 0) is 31.2 Å². The van der Waals surface area contributed by atoms with Crippen LogP contribution in [0.3, 0.4) is 0 Å². The van der Waals surface area contributed by atoms with Crippen LogP contribution in [0, 0.1) is 6.92 Å². The fourth-order valence-corrected chi connectivity index (χ4v) is 3.14. The largest absolute Gasteiger partial charge is 0.479 e. The number of para-hydroxylation sites is 1. The maximum absolute atomic E-state index is 13.2. The monoisotopic (exact) mass is 381 g/mol. The van der Waals surface area contributed by atoms with E-state index in [1.807, 2.05) is 37.3 Å². The molecule has 0 aliphatic carbocycles. The van der Waals surface area contributed by atoms with E-state index in [2.05, 4.69) is 5.10 Å².